The van der Waals surface area contributed by atoms with Gasteiger partial charge in [-0.15, -0.1) is 0 Å². The van der Waals surface area contributed by atoms with Crippen molar-refractivity contribution in [3.63, 3.8) is 0 Å². The highest BCUT2D eigenvalue weighted by Gasteiger charge is 2.14. The maximum atomic E-state index is 9.67. The first-order valence-electron chi connectivity index (χ1n) is 4.63. The summed E-state index contributed by atoms with van der Waals surface area (Å²) in [7, 11) is -1.61. The monoisotopic (exact) mass is 341 g/mol. The molecule has 0 aliphatic carbocycles. The second kappa shape index (κ2) is 8.26. The SMILES string of the molecule is C[n+]1c(-c2ccccc2)csc1Br.FB(F)F.[F-]. The van der Waals surface area contributed by atoms with E-state index in [0.717, 1.165) is 3.92 Å². The zero-order valence-corrected chi connectivity index (χ0v) is 11.7. The number of aromatic nitrogens is 1. The van der Waals surface area contributed by atoms with Gasteiger partial charge in [0.05, 0.1) is 5.38 Å². The van der Waals surface area contributed by atoms with Crippen LogP contribution in [0, 0.1) is 0 Å². The first-order valence-corrected chi connectivity index (χ1v) is 6.30. The summed E-state index contributed by atoms with van der Waals surface area (Å²) < 4.78 is 32.3. The molecule has 0 N–H and O–H groups in total. The Morgan fingerprint density at radius 2 is 1.67 bits per heavy atom. The summed E-state index contributed by atoms with van der Waals surface area (Å²) >= 11 is 5.20. The minimum absolute atomic E-state index is 0. The van der Waals surface area contributed by atoms with E-state index >= 15 is 0 Å². The molecule has 0 radical (unpaired) electrons. The van der Waals surface area contributed by atoms with Crippen LogP contribution >= 0.6 is 27.3 Å². The third-order valence-corrected chi connectivity index (χ3v) is 3.86. The normalized spacial score (nSPS) is 8.94. The highest BCUT2D eigenvalue weighted by atomic mass is 79.9. The third kappa shape index (κ3) is 5.18. The van der Waals surface area contributed by atoms with Gasteiger partial charge >= 0.3 is 11.5 Å². The Kier molecular flexibility index (Phi) is 7.85. The second-order valence-corrected chi connectivity index (χ2v) is 5.18. The van der Waals surface area contributed by atoms with E-state index in [2.05, 4.69) is 57.2 Å². The Hall–Kier alpha value is -0.885. The average Bonchev–Trinajstić information content (AvgIpc) is 2.60. The molecule has 0 bridgehead atoms. The quantitative estimate of drug-likeness (QED) is 0.412. The van der Waals surface area contributed by atoms with Gasteiger partial charge in [0.1, 0.15) is 7.05 Å². The lowest BCUT2D eigenvalue weighted by atomic mass is 10.2. The molecule has 1 nitrogen and oxygen atoms in total. The molecule has 0 atom stereocenters. The van der Waals surface area contributed by atoms with Gasteiger partial charge in [-0.1, -0.05) is 29.5 Å². The number of nitrogens with zero attached hydrogens (tertiary/aromatic N) is 1. The van der Waals surface area contributed by atoms with Crippen LogP contribution in [0.3, 0.4) is 0 Å². The number of rotatable bonds is 1. The van der Waals surface area contributed by atoms with Gasteiger partial charge in [0.15, 0.2) is 0 Å². The second-order valence-electron chi connectivity index (χ2n) is 3.05. The smallest absolute Gasteiger partial charge is 0.762 e. The van der Waals surface area contributed by atoms with Gasteiger partial charge in [-0.25, -0.2) is 0 Å². The van der Waals surface area contributed by atoms with Crippen LogP contribution in [0.25, 0.3) is 11.3 Å². The van der Waals surface area contributed by atoms with Crippen molar-refractivity contribution in [1.29, 1.82) is 0 Å². The van der Waals surface area contributed by atoms with Crippen molar-refractivity contribution >= 4 is 34.8 Å². The molecule has 8 heteroatoms. The first kappa shape index (κ1) is 17.1. The van der Waals surface area contributed by atoms with Crippen LogP contribution in [-0.2, 0) is 7.05 Å². The van der Waals surface area contributed by atoms with Crippen molar-refractivity contribution in [2.24, 2.45) is 7.05 Å². The molecule has 98 valence electrons. The molecule has 0 fully saturated rings. The van der Waals surface area contributed by atoms with E-state index in [-0.39, 0.29) is 4.70 Å². The molecule has 0 aliphatic rings. The maximum absolute atomic E-state index is 9.67. The summed E-state index contributed by atoms with van der Waals surface area (Å²) in [4.78, 5) is 0. The summed E-state index contributed by atoms with van der Waals surface area (Å²) in [5.74, 6) is 0. The minimum Gasteiger partial charge on any atom is -1.00 e. The van der Waals surface area contributed by atoms with Gasteiger partial charge in [-0.3, -0.25) is 12.9 Å². The van der Waals surface area contributed by atoms with Crippen molar-refractivity contribution in [3.8, 4) is 11.3 Å². The maximum Gasteiger partial charge on any atom is 0.762 e. The van der Waals surface area contributed by atoms with Crippen LogP contribution in [0.5, 0.6) is 0 Å². The van der Waals surface area contributed by atoms with Crippen molar-refractivity contribution in [2.45, 2.75) is 0 Å². The molecule has 0 aliphatic heterocycles. The van der Waals surface area contributed by atoms with Gasteiger partial charge in [0.25, 0.3) is 0 Å². The van der Waals surface area contributed by atoms with Gasteiger partial charge in [0, 0.05) is 21.5 Å². The zero-order valence-electron chi connectivity index (χ0n) is 9.29. The first-order chi connectivity index (χ1) is 8.02. The summed E-state index contributed by atoms with van der Waals surface area (Å²) in [6.07, 6.45) is 0. The number of thiazole rings is 1. The van der Waals surface area contributed by atoms with Crippen molar-refractivity contribution in [3.05, 3.63) is 39.6 Å². The topological polar surface area (TPSA) is 3.88 Å². The number of hydrogen-bond donors (Lipinski definition) is 0. The lowest BCUT2D eigenvalue weighted by Crippen LogP contribution is -3.00. The highest BCUT2D eigenvalue weighted by Crippen LogP contribution is 2.21. The molecular weight excluding hydrogens is 333 g/mol. The largest absolute Gasteiger partial charge is 1.00 e. The molecule has 0 unspecified atom stereocenters. The molecule has 2 rings (SSSR count). The van der Waals surface area contributed by atoms with Gasteiger partial charge < -0.3 is 4.70 Å². The fraction of sp³-hybridized carbons (Fsp3) is 0.100. The van der Waals surface area contributed by atoms with Crippen molar-refractivity contribution < 1.29 is 22.2 Å². The van der Waals surface area contributed by atoms with Gasteiger partial charge in [-0.2, -0.15) is 4.57 Å². The van der Waals surface area contributed by atoms with E-state index in [4.69, 9.17) is 0 Å². The van der Waals surface area contributed by atoms with Gasteiger partial charge in [-0.05, 0) is 12.1 Å². The third-order valence-electron chi connectivity index (χ3n) is 1.96. The fourth-order valence-corrected chi connectivity index (χ4v) is 2.46. The van der Waals surface area contributed by atoms with E-state index in [1.807, 2.05) is 6.07 Å². The lowest BCUT2D eigenvalue weighted by Gasteiger charge is -1.93. The number of hydrogen-bond acceptors (Lipinski definition) is 1. The van der Waals surface area contributed by atoms with Crippen LogP contribution in [0.4, 0.5) is 12.9 Å². The van der Waals surface area contributed by atoms with Crippen LogP contribution in [-0.4, -0.2) is 7.54 Å². The molecule has 0 saturated heterocycles. The van der Waals surface area contributed by atoms with Crippen LogP contribution in [0.1, 0.15) is 0 Å². The van der Waals surface area contributed by atoms with Gasteiger partial charge in [0.2, 0.25) is 5.69 Å². The molecule has 0 amide bonds. The molecule has 0 saturated carbocycles. The van der Waals surface area contributed by atoms with Crippen LogP contribution < -0.4 is 9.27 Å². The highest BCUT2D eigenvalue weighted by molar-refractivity contribution is 9.11. The van der Waals surface area contributed by atoms with Crippen molar-refractivity contribution in [1.82, 2.24) is 0 Å². The molecule has 2 aromatic rings. The summed E-state index contributed by atoms with van der Waals surface area (Å²) in [6.45, 7) is 0. The van der Waals surface area contributed by atoms with E-state index in [0.29, 0.717) is 0 Å². The Morgan fingerprint density at radius 1 is 1.17 bits per heavy atom. The van der Waals surface area contributed by atoms with E-state index in [1.165, 1.54) is 11.3 Å². The predicted molar refractivity (Wildman–Crippen MR) is 67.7 cm³/mol. The van der Waals surface area contributed by atoms with E-state index in [1.54, 1.807) is 11.3 Å². The van der Waals surface area contributed by atoms with E-state index < -0.39 is 7.54 Å². The molecule has 1 aromatic heterocycles. The Morgan fingerprint density at radius 3 is 2.06 bits per heavy atom. The zero-order chi connectivity index (χ0) is 12.8. The summed E-state index contributed by atoms with van der Waals surface area (Å²) in [5, 5.41) is 2.15. The Balaban J connectivity index is 0.000000512. The summed E-state index contributed by atoms with van der Waals surface area (Å²) in [6, 6.07) is 10.4. The molecule has 1 heterocycles. The Labute approximate surface area is 115 Å². The average molecular weight is 342 g/mol. The number of halogens is 5. The van der Waals surface area contributed by atoms with Crippen molar-refractivity contribution in [2.75, 3.05) is 0 Å². The predicted octanol–water partition coefficient (Wildman–Crippen LogP) is 0.886. The van der Waals surface area contributed by atoms with Crippen LogP contribution in [0.15, 0.2) is 39.6 Å². The number of benzene rings is 1. The summed E-state index contributed by atoms with van der Waals surface area (Å²) in [5.41, 5.74) is 2.50. The van der Waals surface area contributed by atoms with E-state index in [9.17, 15) is 12.9 Å². The molecule has 18 heavy (non-hydrogen) atoms. The fourth-order valence-electron chi connectivity index (χ4n) is 1.23. The lowest BCUT2D eigenvalue weighted by molar-refractivity contribution is -0.666. The van der Waals surface area contributed by atoms with Crippen LogP contribution in [0.2, 0.25) is 0 Å². The molecule has 1 aromatic carbocycles. The molecule has 0 spiro atoms. The molecular formula is C10H9BBrF4NS. The minimum atomic E-state index is -3.67. The Bertz CT molecular complexity index is 463. The standard InChI is InChI=1S/C10H9BrNS.BF3.FH/c1-12-9(7-13-10(12)11)8-5-3-2-4-6-8;2-1(3)4;/h2-7H,1H3;;1H/q+1;;/p-1.